The Hall–Kier alpha value is -2.37. The third kappa shape index (κ3) is 6.81. The van der Waals surface area contributed by atoms with Gasteiger partial charge in [-0.2, -0.15) is 0 Å². The van der Waals surface area contributed by atoms with Crippen LogP contribution in [0.1, 0.15) is 39.2 Å². The molecule has 0 saturated heterocycles. The average molecular weight is 334 g/mol. The van der Waals surface area contributed by atoms with Crippen LogP contribution in [0, 0.1) is 5.92 Å². The number of hydrogen-bond donors (Lipinski definition) is 2. The fourth-order valence-corrected chi connectivity index (χ4v) is 2.14. The van der Waals surface area contributed by atoms with Crippen molar-refractivity contribution in [2.24, 2.45) is 5.92 Å². The van der Waals surface area contributed by atoms with Crippen LogP contribution in [0.25, 0.3) is 0 Å². The second kappa shape index (κ2) is 9.70. The van der Waals surface area contributed by atoms with Crippen molar-refractivity contribution in [1.82, 2.24) is 10.2 Å². The Bertz CT molecular complexity index is 557. The molecule has 1 aromatic carbocycles. The molecule has 0 radical (unpaired) electrons. The number of carbonyl (C=O) groups is 3. The molecular weight excluding hydrogens is 308 g/mol. The fraction of sp³-hybridized carbons (Fsp3) is 0.500. The molecule has 2 N–H and O–H groups in total. The predicted molar refractivity (Wildman–Crippen MR) is 91.2 cm³/mol. The SMILES string of the molecule is CC(C)CCC(=O)NCC(=O)N(Cc1ccccc1)C(C)C(=O)O. The molecule has 6 nitrogen and oxygen atoms in total. The lowest BCUT2D eigenvalue weighted by atomic mass is 10.1. The van der Waals surface area contributed by atoms with E-state index in [-0.39, 0.29) is 19.0 Å². The van der Waals surface area contributed by atoms with Gasteiger partial charge in [-0.05, 0) is 24.8 Å². The lowest BCUT2D eigenvalue weighted by Gasteiger charge is -2.27. The van der Waals surface area contributed by atoms with Crippen LogP contribution in [0.15, 0.2) is 30.3 Å². The molecule has 0 bridgehead atoms. The molecule has 0 spiro atoms. The first-order valence-corrected chi connectivity index (χ1v) is 8.14. The molecule has 6 heteroatoms. The molecule has 24 heavy (non-hydrogen) atoms. The highest BCUT2D eigenvalue weighted by atomic mass is 16.4. The molecule has 0 aromatic heterocycles. The standard InChI is InChI=1S/C18H26N2O4/c1-13(2)9-10-16(21)19-11-17(22)20(14(3)18(23)24)12-15-7-5-4-6-8-15/h4-8,13-14H,9-12H2,1-3H3,(H,19,21)(H,23,24). The Morgan fingerprint density at radius 2 is 1.75 bits per heavy atom. The quantitative estimate of drug-likeness (QED) is 0.723. The minimum atomic E-state index is -1.08. The van der Waals surface area contributed by atoms with Crippen LogP contribution in [-0.2, 0) is 20.9 Å². The Kier molecular flexibility index (Phi) is 7.95. The summed E-state index contributed by atoms with van der Waals surface area (Å²) in [5.74, 6) is -1.27. The number of aliphatic carboxylic acids is 1. The third-order valence-electron chi connectivity index (χ3n) is 3.73. The molecule has 1 aromatic rings. The molecule has 1 unspecified atom stereocenters. The first-order chi connectivity index (χ1) is 11.3. The summed E-state index contributed by atoms with van der Waals surface area (Å²) in [7, 11) is 0. The highest BCUT2D eigenvalue weighted by Crippen LogP contribution is 2.09. The number of benzene rings is 1. The zero-order valence-electron chi connectivity index (χ0n) is 14.5. The van der Waals surface area contributed by atoms with Gasteiger partial charge >= 0.3 is 5.97 Å². The van der Waals surface area contributed by atoms with Gasteiger partial charge in [-0.3, -0.25) is 9.59 Å². The zero-order valence-corrected chi connectivity index (χ0v) is 14.5. The molecule has 2 amide bonds. The van der Waals surface area contributed by atoms with Crippen molar-refractivity contribution in [3.63, 3.8) is 0 Å². The van der Waals surface area contributed by atoms with Gasteiger partial charge in [0.05, 0.1) is 6.54 Å². The first kappa shape index (κ1) is 19.7. The van der Waals surface area contributed by atoms with Gasteiger partial charge in [0.1, 0.15) is 6.04 Å². The summed E-state index contributed by atoms with van der Waals surface area (Å²) >= 11 is 0. The minimum Gasteiger partial charge on any atom is -0.480 e. The summed E-state index contributed by atoms with van der Waals surface area (Å²) in [5.41, 5.74) is 0.838. The molecule has 0 aliphatic carbocycles. The van der Waals surface area contributed by atoms with Gasteiger partial charge < -0.3 is 15.3 Å². The highest BCUT2D eigenvalue weighted by molar-refractivity contribution is 5.87. The summed E-state index contributed by atoms with van der Waals surface area (Å²) < 4.78 is 0. The molecule has 0 fully saturated rings. The Labute approximate surface area is 142 Å². The van der Waals surface area contributed by atoms with Crippen LogP contribution in [0.2, 0.25) is 0 Å². The molecule has 0 heterocycles. The van der Waals surface area contributed by atoms with Crippen LogP contribution in [0.4, 0.5) is 0 Å². The highest BCUT2D eigenvalue weighted by Gasteiger charge is 2.25. The second-order valence-electron chi connectivity index (χ2n) is 6.23. The van der Waals surface area contributed by atoms with Crippen molar-refractivity contribution in [2.45, 2.75) is 46.2 Å². The average Bonchev–Trinajstić information content (AvgIpc) is 2.55. The van der Waals surface area contributed by atoms with E-state index in [1.165, 1.54) is 11.8 Å². The van der Waals surface area contributed by atoms with Crippen LogP contribution in [0.5, 0.6) is 0 Å². The number of amides is 2. The maximum absolute atomic E-state index is 12.4. The summed E-state index contributed by atoms with van der Waals surface area (Å²) in [6.45, 7) is 5.50. The molecule has 1 rings (SSSR count). The number of hydrogen-bond acceptors (Lipinski definition) is 3. The topological polar surface area (TPSA) is 86.7 Å². The van der Waals surface area contributed by atoms with E-state index in [0.29, 0.717) is 12.3 Å². The van der Waals surface area contributed by atoms with Crippen molar-refractivity contribution in [3.05, 3.63) is 35.9 Å². The monoisotopic (exact) mass is 334 g/mol. The van der Waals surface area contributed by atoms with E-state index in [4.69, 9.17) is 0 Å². The number of carbonyl (C=O) groups excluding carboxylic acids is 2. The smallest absolute Gasteiger partial charge is 0.326 e. The van der Waals surface area contributed by atoms with Gasteiger partial charge in [-0.1, -0.05) is 44.2 Å². The molecule has 0 saturated carbocycles. The number of nitrogens with zero attached hydrogens (tertiary/aromatic N) is 1. The Morgan fingerprint density at radius 3 is 2.29 bits per heavy atom. The van der Waals surface area contributed by atoms with Crippen molar-refractivity contribution in [3.8, 4) is 0 Å². The number of nitrogens with one attached hydrogen (secondary N) is 1. The lowest BCUT2D eigenvalue weighted by Crippen LogP contribution is -2.47. The zero-order chi connectivity index (χ0) is 18.1. The van der Waals surface area contributed by atoms with Gasteiger partial charge in [0.2, 0.25) is 11.8 Å². The number of rotatable bonds is 9. The maximum Gasteiger partial charge on any atom is 0.326 e. The van der Waals surface area contributed by atoms with Crippen molar-refractivity contribution in [2.75, 3.05) is 6.54 Å². The largest absolute Gasteiger partial charge is 0.480 e. The van der Waals surface area contributed by atoms with E-state index in [1.807, 2.05) is 44.2 Å². The van der Waals surface area contributed by atoms with Gasteiger partial charge in [-0.15, -0.1) is 0 Å². The summed E-state index contributed by atoms with van der Waals surface area (Å²) in [6, 6.07) is 8.20. The molecule has 132 valence electrons. The van der Waals surface area contributed by atoms with Crippen LogP contribution >= 0.6 is 0 Å². The fourth-order valence-electron chi connectivity index (χ4n) is 2.14. The Morgan fingerprint density at radius 1 is 1.12 bits per heavy atom. The molecular formula is C18H26N2O4. The van der Waals surface area contributed by atoms with E-state index >= 15 is 0 Å². The molecule has 1 atom stereocenters. The molecule has 0 aliphatic heterocycles. The van der Waals surface area contributed by atoms with Crippen molar-refractivity contribution >= 4 is 17.8 Å². The first-order valence-electron chi connectivity index (χ1n) is 8.14. The normalized spacial score (nSPS) is 11.8. The third-order valence-corrected chi connectivity index (χ3v) is 3.73. The van der Waals surface area contributed by atoms with E-state index in [2.05, 4.69) is 5.32 Å². The van der Waals surface area contributed by atoms with Gasteiger partial charge in [0, 0.05) is 13.0 Å². The van der Waals surface area contributed by atoms with E-state index in [9.17, 15) is 19.5 Å². The van der Waals surface area contributed by atoms with E-state index in [0.717, 1.165) is 12.0 Å². The lowest BCUT2D eigenvalue weighted by molar-refractivity contribution is -0.149. The second-order valence-corrected chi connectivity index (χ2v) is 6.23. The van der Waals surface area contributed by atoms with Crippen LogP contribution in [-0.4, -0.2) is 40.4 Å². The number of carboxylic acids is 1. The van der Waals surface area contributed by atoms with Crippen molar-refractivity contribution < 1.29 is 19.5 Å². The van der Waals surface area contributed by atoms with Crippen LogP contribution < -0.4 is 5.32 Å². The van der Waals surface area contributed by atoms with E-state index in [1.54, 1.807) is 0 Å². The minimum absolute atomic E-state index is 0.189. The summed E-state index contributed by atoms with van der Waals surface area (Å²) in [6.07, 6.45) is 1.11. The van der Waals surface area contributed by atoms with Gasteiger partial charge in [-0.25, -0.2) is 4.79 Å². The predicted octanol–water partition coefficient (Wildman–Crippen LogP) is 2.04. The summed E-state index contributed by atoms with van der Waals surface area (Å²) in [4.78, 5) is 36.7. The van der Waals surface area contributed by atoms with Crippen LogP contribution in [0.3, 0.4) is 0 Å². The maximum atomic E-state index is 12.4. The number of carboxylic acid groups (broad SMARTS) is 1. The van der Waals surface area contributed by atoms with Crippen molar-refractivity contribution in [1.29, 1.82) is 0 Å². The summed E-state index contributed by atoms with van der Waals surface area (Å²) in [5, 5.41) is 11.8. The van der Waals surface area contributed by atoms with Gasteiger partial charge in [0.25, 0.3) is 0 Å². The molecule has 0 aliphatic rings. The van der Waals surface area contributed by atoms with Gasteiger partial charge in [0.15, 0.2) is 0 Å². The Balaban J connectivity index is 2.67. The van der Waals surface area contributed by atoms with E-state index < -0.39 is 17.9 Å².